The molecule has 0 atom stereocenters. The van der Waals surface area contributed by atoms with Crippen LogP contribution in [0.25, 0.3) is 0 Å². The highest BCUT2D eigenvalue weighted by Gasteiger charge is 2.19. The van der Waals surface area contributed by atoms with E-state index in [4.69, 9.17) is 10.5 Å². The molecule has 0 aliphatic heterocycles. The summed E-state index contributed by atoms with van der Waals surface area (Å²) in [6, 6.07) is 7.80. The van der Waals surface area contributed by atoms with E-state index in [9.17, 15) is 4.79 Å². The summed E-state index contributed by atoms with van der Waals surface area (Å²) in [4.78, 5) is 15.7. The lowest BCUT2D eigenvalue weighted by Gasteiger charge is -2.10. The highest BCUT2D eigenvalue weighted by molar-refractivity contribution is 5.92. The van der Waals surface area contributed by atoms with E-state index in [1.165, 1.54) is 7.11 Å². The normalized spacial score (nSPS) is 10.4. The molecule has 0 spiro atoms. The summed E-state index contributed by atoms with van der Waals surface area (Å²) < 4.78 is 11.8. The van der Waals surface area contributed by atoms with Crippen molar-refractivity contribution in [2.45, 2.75) is 19.9 Å². The molecule has 0 saturated carbocycles. The molecule has 6 nitrogen and oxygen atoms in total. The third-order valence-corrected chi connectivity index (χ3v) is 3.37. The molecule has 2 N–H and O–H groups in total. The van der Waals surface area contributed by atoms with Gasteiger partial charge in [0, 0.05) is 6.54 Å². The van der Waals surface area contributed by atoms with Gasteiger partial charge in [-0.05, 0) is 25.0 Å². The molecule has 0 radical (unpaired) electrons. The van der Waals surface area contributed by atoms with Crippen molar-refractivity contribution in [3.05, 3.63) is 41.3 Å². The van der Waals surface area contributed by atoms with E-state index in [1.807, 2.05) is 31.2 Å². The van der Waals surface area contributed by atoms with Gasteiger partial charge in [0.2, 0.25) is 0 Å². The van der Waals surface area contributed by atoms with E-state index in [2.05, 4.69) is 9.72 Å². The number of carbonyl (C=O) groups is 1. The molecule has 1 heterocycles. The predicted octanol–water partition coefficient (Wildman–Crippen LogP) is 1.81. The largest absolute Gasteiger partial charge is 0.496 e. The Morgan fingerprint density at radius 2 is 2.05 bits per heavy atom. The van der Waals surface area contributed by atoms with Crippen LogP contribution >= 0.6 is 0 Å². The molecule has 0 fully saturated rings. The summed E-state index contributed by atoms with van der Waals surface area (Å²) in [5, 5.41) is 0. The van der Waals surface area contributed by atoms with E-state index in [1.54, 1.807) is 11.7 Å². The Morgan fingerprint density at radius 3 is 2.71 bits per heavy atom. The molecule has 6 heteroatoms. The number of hydrogen-bond donors (Lipinski definition) is 1. The quantitative estimate of drug-likeness (QED) is 0.849. The van der Waals surface area contributed by atoms with Crippen molar-refractivity contribution in [3.63, 3.8) is 0 Å². The van der Waals surface area contributed by atoms with Crippen molar-refractivity contribution in [2.75, 3.05) is 20.0 Å². The first kappa shape index (κ1) is 14.9. The van der Waals surface area contributed by atoms with Gasteiger partial charge in [-0.25, -0.2) is 9.78 Å². The van der Waals surface area contributed by atoms with Gasteiger partial charge in [0.25, 0.3) is 0 Å². The predicted molar refractivity (Wildman–Crippen MR) is 79.4 cm³/mol. The maximum atomic E-state index is 11.6. The first-order chi connectivity index (χ1) is 10.1. The van der Waals surface area contributed by atoms with Gasteiger partial charge in [0.05, 0.1) is 14.2 Å². The van der Waals surface area contributed by atoms with Gasteiger partial charge in [0.15, 0.2) is 5.69 Å². The number of hydrogen-bond acceptors (Lipinski definition) is 5. The number of para-hydroxylation sites is 1. The van der Waals surface area contributed by atoms with Crippen molar-refractivity contribution in [2.24, 2.45) is 0 Å². The number of carbonyl (C=O) groups excluding carboxylic acids is 1. The topological polar surface area (TPSA) is 79.4 Å². The lowest BCUT2D eigenvalue weighted by Crippen LogP contribution is -2.10. The smallest absolute Gasteiger partial charge is 0.360 e. The minimum Gasteiger partial charge on any atom is -0.496 e. The SMILES string of the molecule is COC(=O)c1nc(C)n(CCc2ccccc2OC)c1N. The lowest BCUT2D eigenvalue weighted by molar-refractivity contribution is 0.0595. The third-order valence-electron chi connectivity index (χ3n) is 3.37. The molecular weight excluding hydrogens is 270 g/mol. The number of aryl methyl sites for hydroxylation is 2. The lowest BCUT2D eigenvalue weighted by atomic mass is 10.1. The second kappa shape index (κ2) is 6.30. The molecule has 0 saturated heterocycles. The van der Waals surface area contributed by atoms with Crippen LogP contribution in [0.15, 0.2) is 24.3 Å². The van der Waals surface area contributed by atoms with Gasteiger partial charge in [0.1, 0.15) is 17.4 Å². The number of aromatic nitrogens is 2. The number of methoxy groups -OCH3 is 2. The van der Waals surface area contributed by atoms with Crippen LogP contribution in [0.5, 0.6) is 5.75 Å². The molecule has 1 aromatic carbocycles. The van der Waals surface area contributed by atoms with Gasteiger partial charge in [-0.1, -0.05) is 18.2 Å². The number of imidazole rings is 1. The van der Waals surface area contributed by atoms with Gasteiger partial charge in [-0.3, -0.25) is 0 Å². The Morgan fingerprint density at radius 1 is 1.33 bits per heavy atom. The van der Waals surface area contributed by atoms with E-state index in [0.717, 1.165) is 17.7 Å². The number of anilines is 1. The van der Waals surface area contributed by atoms with Crippen LogP contribution in [0.2, 0.25) is 0 Å². The van der Waals surface area contributed by atoms with Crippen molar-refractivity contribution in [3.8, 4) is 5.75 Å². The Balaban J connectivity index is 2.21. The summed E-state index contributed by atoms with van der Waals surface area (Å²) in [6.07, 6.45) is 0.728. The number of ether oxygens (including phenoxy) is 2. The molecule has 112 valence electrons. The monoisotopic (exact) mass is 289 g/mol. The molecule has 1 aromatic heterocycles. The van der Waals surface area contributed by atoms with E-state index >= 15 is 0 Å². The van der Waals surface area contributed by atoms with E-state index in [-0.39, 0.29) is 5.69 Å². The molecule has 2 aromatic rings. The zero-order valence-corrected chi connectivity index (χ0v) is 12.4. The average molecular weight is 289 g/mol. The van der Waals surface area contributed by atoms with Crippen LogP contribution in [0, 0.1) is 6.92 Å². The first-order valence-corrected chi connectivity index (χ1v) is 6.61. The van der Waals surface area contributed by atoms with E-state index < -0.39 is 5.97 Å². The van der Waals surface area contributed by atoms with Crippen LogP contribution < -0.4 is 10.5 Å². The Labute approximate surface area is 123 Å². The number of benzene rings is 1. The van der Waals surface area contributed by atoms with Gasteiger partial charge in [-0.15, -0.1) is 0 Å². The average Bonchev–Trinajstić information content (AvgIpc) is 2.79. The number of nitrogens with two attached hydrogens (primary N) is 1. The number of nitrogen functional groups attached to an aromatic ring is 1. The van der Waals surface area contributed by atoms with Crippen LogP contribution in [0.4, 0.5) is 5.82 Å². The second-order valence-corrected chi connectivity index (χ2v) is 4.60. The number of rotatable bonds is 5. The molecule has 0 aliphatic rings. The van der Waals surface area contributed by atoms with Gasteiger partial charge >= 0.3 is 5.97 Å². The van der Waals surface area contributed by atoms with Crippen molar-refractivity contribution < 1.29 is 14.3 Å². The van der Waals surface area contributed by atoms with Crippen LogP contribution in [0.1, 0.15) is 21.9 Å². The molecule has 0 unspecified atom stereocenters. The molecule has 0 amide bonds. The third kappa shape index (κ3) is 2.99. The first-order valence-electron chi connectivity index (χ1n) is 6.61. The zero-order chi connectivity index (χ0) is 15.4. The molecular formula is C15H19N3O3. The maximum Gasteiger partial charge on any atom is 0.360 e. The summed E-state index contributed by atoms with van der Waals surface area (Å²) >= 11 is 0. The van der Waals surface area contributed by atoms with Crippen molar-refractivity contribution in [1.82, 2.24) is 9.55 Å². The number of nitrogens with zero attached hydrogens (tertiary/aromatic N) is 2. The minimum absolute atomic E-state index is 0.162. The zero-order valence-electron chi connectivity index (χ0n) is 12.4. The highest BCUT2D eigenvalue weighted by Crippen LogP contribution is 2.21. The fraction of sp³-hybridized carbons (Fsp3) is 0.333. The molecule has 2 rings (SSSR count). The Hall–Kier alpha value is -2.50. The summed E-state index contributed by atoms with van der Waals surface area (Å²) in [7, 11) is 2.95. The van der Waals surface area contributed by atoms with E-state index in [0.29, 0.717) is 18.2 Å². The fourth-order valence-corrected chi connectivity index (χ4v) is 2.25. The summed E-state index contributed by atoms with van der Waals surface area (Å²) in [5.74, 6) is 1.32. The summed E-state index contributed by atoms with van der Waals surface area (Å²) in [5.41, 5.74) is 7.22. The molecule has 0 bridgehead atoms. The highest BCUT2D eigenvalue weighted by atomic mass is 16.5. The minimum atomic E-state index is -0.522. The van der Waals surface area contributed by atoms with Gasteiger partial charge in [-0.2, -0.15) is 0 Å². The number of esters is 1. The summed E-state index contributed by atoms with van der Waals surface area (Å²) in [6.45, 7) is 2.42. The standard InChI is InChI=1S/C15H19N3O3/c1-10-17-13(15(19)21-3)14(16)18(10)9-8-11-6-4-5-7-12(11)20-2/h4-7H,8-9,16H2,1-3H3. The maximum absolute atomic E-state index is 11.6. The second-order valence-electron chi connectivity index (χ2n) is 4.60. The van der Waals surface area contributed by atoms with Crippen molar-refractivity contribution in [1.29, 1.82) is 0 Å². The molecule has 21 heavy (non-hydrogen) atoms. The fourth-order valence-electron chi connectivity index (χ4n) is 2.25. The Bertz CT molecular complexity index is 650. The van der Waals surface area contributed by atoms with Gasteiger partial charge < -0.3 is 19.8 Å². The molecule has 0 aliphatic carbocycles. The Kier molecular flexibility index (Phi) is 4.47. The van der Waals surface area contributed by atoms with Crippen LogP contribution in [-0.2, 0) is 17.7 Å². The van der Waals surface area contributed by atoms with Crippen LogP contribution in [-0.4, -0.2) is 29.7 Å². The van der Waals surface area contributed by atoms with Crippen molar-refractivity contribution >= 4 is 11.8 Å². The van der Waals surface area contributed by atoms with Crippen LogP contribution in [0.3, 0.4) is 0 Å².